The monoisotopic (exact) mass is 327 g/mol. The van der Waals surface area contributed by atoms with Crippen LogP contribution < -0.4 is 5.32 Å². The van der Waals surface area contributed by atoms with Gasteiger partial charge in [-0.1, -0.05) is 73.3 Å². The van der Waals surface area contributed by atoms with E-state index in [1.54, 1.807) is 6.08 Å². The molecule has 2 aromatic carbocycles. The fourth-order valence-corrected chi connectivity index (χ4v) is 2.57. The molecule has 0 heterocycles. The molecular formula is C19H21NO2S. The van der Waals surface area contributed by atoms with Crippen molar-refractivity contribution in [2.75, 3.05) is 12.4 Å². The van der Waals surface area contributed by atoms with Gasteiger partial charge in [0, 0.05) is 5.75 Å². The van der Waals surface area contributed by atoms with Gasteiger partial charge in [0.2, 0.25) is 0 Å². The Bertz CT molecular complexity index is 576. The predicted molar refractivity (Wildman–Crippen MR) is 96.7 cm³/mol. The minimum Gasteiger partial charge on any atom is -0.460 e. The van der Waals surface area contributed by atoms with Crippen LogP contribution in [0.25, 0.3) is 0 Å². The van der Waals surface area contributed by atoms with E-state index in [0.29, 0.717) is 5.75 Å². The molecule has 3 nitrogen and oxygen atoms in total. The van der Waals surface area contributed by atoms with E-state index in [0.717, 1.165) is 11.1 Å². The SMILES string of the molecule is C=CCOC(=O)[C@H](CS)NC(c1ccccc1)c1ccccc1. The molecule has 0 aliphatic carbocycles. The molecule has 0 aromatic heterocycles. The van der Waals surface area contributed by atoms with Crippen molar-refractivity contribution in [1.29, 1.82) is 0 Å². The third-order valence-electron chi connectivity index (χ3n) is 3.44. The van der Waals surface area contributed by atoms with Gasteiger partial charge in [0.05, 0.1) is 6.04 Å². The maximum atomic E-state index is 12.1. The summed E-state index contributed by atoms with van der Waals surface area (Å²) in [4.78, 5) is 12.1. The third-order valence-corrected chi connectivity index (χ3v) is 3.81. The van der Waals surface area contributed by atoms with Crippen LogP contribution in [0.2, 0.25) is 0 Å². The van der Waals surface area contributed by atoms with Crippen molar-refractivity contribution in [3.63, 3.8) is 0 Å². The molecule has 1 atom stereocenters. The van der Waals surface area contributed by atoms with E-state index in [2.05, 4.69) is 24.5 Å². The van der Waals surface area contributed by atoms with Gasteiger partial charge in [-0.05, 0) is 11.1 Å². The molecule has 23 heavy (non-hydrogen) atoms. The molecule has 0 bridgehead atoms. The lowest BCUT2D eigenvalue weighted by molar-refractivity contribution is -0.144. The van der Waals surface area contributed by atoms with Crippen LogP contribution in [0, 0.1) is 0 Å². The lowest BCUT2D eigenvalue weighted by atomic mass is 9.98. The number of nitrogens with one attached hydrogen (secondary N) is 1. The van der Waals surface area contributed by atoms with E-state index in [1.165, 1.54) is 0 Å². The summed E-state index contributed by atoms with van der Waals surface area (Å²) >= 11 is 4.29. The summed E-state index contributed by atoms with van der Waals surface area (Å²) < 4.78 is 5.15. The van der Waals surface area contributed by atoms with Crippen molar-refractivity contribution < 1.29 is 9.53 Å². The van der Waals surface area contributed by atoms with Crippen LogP contribution in [0.3, 0.4) is 0 Å². The highest BCUT2D eigenvalue weighted by Gasteiger charge is 2.24. The molecule has 1 N–H and O–H groups in total. The lowest BCUT2D eigenvalue weighted by Gasteiger charge is -2.24. The van der Waals surface area contributed by atoms with Crippen molar-refractivity contribution in [2.45, 2.75) is 12.1 Å². The summed E-state index contributed by atoms with van der Waals surface area (Å²) in [5.74, 6) is 0.0309. The number of rotatable bonds is 8. The second-order valence-electron chi connectivity index (χ2n) is 5.07. The van der Waals surface area contributed by atoms with Gasteiger partial charge in [0.15, 0.2) is 0 Å². The minimum absolute atomic E-state index is 0.106. The lowest BCUT2D eigenvalue weighted by Crippen LogP contribution is -2.42. The van der Waals surface area contributed by atoms with E-state index < -0.39 is 6.04 Å². The molecule has 2 rings (SSSR count). The second-order valence-corrected chi connectivity index (χ2v) is 5.44. The highest BCUT2D eigenvalue weighted by atomic mass is 32.1. The first-order chi connectivity index (χ1) is 11.3. The molecule has 0 amide bonds. The van der Waals surface area contributed by atoms with Gasteiger partial charge >= 0.3 is 5.97 Å². The fourth-order valence-electron chi connectivity index (χ4n) is 2.31. The molecular weight excluding hydrogens is 306 g/mol. The number of esters is 1. The normalized spacial score (nSPS) is 11.9. The number of hydrogen-bond donors (Lipinski definition) is 2. The van der Waals surface area contributed by atoms with Crippen molar-refractivity contribution in [2.24, 2.45) is 0 Å². The van der Waals surface area contributed by atoms with E-state index in [9.17, 15) is 4.79 Å². The summed E-state index contributed by atoms with van der Waals surface area (Å²) in [5.41, 5.74) is 2.17. The largest absolute Gasteiger partial charge is 0.460 e. The van der Waals surface area contributed by atoms with E-state index >= 15 is 0 Å². The van der Waals surface area contributed by atoms with Gasteiger partial charge in [-0.2, -0.15) is 12.6 Å². The Morgan fingerprint density at radius 3 is 2.04 bits per heavy atom. The van der Waals surface area contributed by atoms with Crippen LogP contribution >= 0.6 is 12.6 Å². The molecule has 4 heteroatoms. The van der Waals surface area contributed by atoms with Gasteiger partial charge < -0.3 is 4.74 Å². The average molecular weight is 327 g/mol. The smallest absolute Gasteiger partial charge is 0.324 e. The van der Waals surface area contributed by atoms with Crippen LogP contribution in [-0.2, 0) is 9.53 Å². The highest BCUT2D eigenvalue weighted by molar-refractivity contribution is 7.80. The van der Waals surface area contributed by atoms with Gasteiger partial charge in [0.1, 0.15) is 12.6 Å². The first-order valence-electron chi connectivity index (χ1n) is 7.50. The molecule has 0 spiro atoms. The number of thiol groups is 1. The number of carbonyl (C=O) groups is 1. The summed E-state index contributed by atoms with van der Waals surface area (Å²) in [5, 5.41) is 3.36. The summed E-state index contributed by atoms with van der Waals surface area (Å²) in [6.07, 6.45) is 1.55. The zero-order valence-electron chi connectivity index (χ0n) is 12.9. The number of carbonyl (C=O) groups excluding carboxylic acids is 1. The van der Waals surface area contributed by atoms with Crippen molar-refractivity contribution in [3.05, 3.63) is 84.4 Å². The van der Waals surface area contributed by atoms with Crippen LogP contribution in [0.1, 0.15) is 17.2 Å². The van der Waals surface area contributed by atoms with Crippen LogP contribution in [-0.4, -0.2) is 24.4 Å². The quantitative estimate of drug-likeness (QED) is 0.443. The van der Waals surface area contributed by atoms with Crippen LogP contribution in [0.4, 0.5) is 0 Å². The van der Waals surface area contributed by atoms with Gasteiger partial charge in [-0.15, -0.1) is 0 Å². The van der Waals surface area contributed by atoms with Gasteiger partial charge in [-0.25, -0.2) is 0 Å². The van der Waals surface area contributed by atoms with E-state index in [-0.39, 0.29) is 18.6 Å². The minimum atomic E-state index is -0.497. The van der Waals surface area contributed by atoms with E-state index in [1.807, 2.05) is 60.7 Å². The van der Waals surface area contributed by atoms with Crippen LogP contribution in [0.5, 0.6) is 0 Å². The molecule has 120 valence electrons. The molecule has 0 aliphatic heterocycles. The molecule has 0 fully saturated rings. The topological polar surface area (TPSA) is 38.3 Å². The molecule has 0 aliphatic rings. The van der Waals surface area contributed by atoms with Crippen molar-refractivity contribution >= 4 is 18.6 Å². The molecule has 0 saturated heterocycles. The number of ether oxygens (including phenoxy) is 1. The molecule has 0 saturated carbocycles. The first-order valence-corrected chi connectivity index (χ1v) is 8.14. The van der Waals surface area contributed by atoms with Gasteiger partial charge in [-0.3, -0.25) is 10.1 Å². The zero-order chi connectivity index (χ0) is 16.5. The Hall–Kier alpha value is -2.04. The maximum absolute atomic E-state index is 12.1. The van der Waals surface area contributed by atoms with Gasteiger partial charge in [0.25, 0.3) is 0 Å². The maximum Gasteiger partial charge on any atom is 0.324 e. The average Bonchev–Trinajstić information content (AvgIpc) is 2.62. The zero-order valence-corrected chi connectivity index (χ0v) is 13.8. The Balaban J connectivity index is 2.24. The fraction of sp³-hybridized carbons (Fsp3) is 0.211. The first kappa shape index (κ1) is 17.3. The summed E-state index contributed by atoms with van der Waals surface area (Å²) in [7, 11) is 0. The Morgan fingerprint density at radius 1 is 1.09 bits per heavy atom. The molecule has 2 aromatic rings. The second kappa shape index (κ2) is 9.18. The Labute approximate surface area is 142 Å². The van der Waals surface area contributed by atoms with E-state index in [4.69, 9.17) is 4.74 Å². The molecule has 0 unspecified atom stereocenters. The Kier molecular flexibility index (Phi) is 6.91. The van der Waals surface area contributed by atoms with Crippen molar-refractivity contribution in [3.8, 4) is 0 Å². The third kappa shape index (κ3) is 4.98. The standard InChI is InChI=1S/C19H21NO2S/c1-2-13-22-19(21)17(14-23)20-18(15-9-5-3-6-10-15)16-11-7-4-8-12-16/h2-12,17-18,20,23H,1,13-14H2/t17-/m0/s1. The number of benzene rings is 2. The Morgan fingerprint density at radius 2 is 1.61 bits per heavy atom. The van der Waals surface area contributed by atoms with Crippen molar-refractivity contribution in [1.82, 2.24) is 5.32 Å². The summed E-state index contributed by atoms with van der Waals surface area (Å²) in [6, 6.07) is 19.4. The van der Waals surface area contributed by atoms with Crippen LogP contribution in [0.15, 0.2) is 73.3 Å². The summed E-state index contributed by atoms with van der Waals surface area (Å²) in [6.45, 7) is 3.76. The predicted octanol–water partition coefficient (Wildman–Crippen LogP) is 3.39. The number of hydrogen-bond acceptors (Lipinski definition) is 4. The molecule has 0 radical (unpaired) electrons. The highest BCUT2D eigenvalue weighted by Crippen LogP contribution is 2.22.